The van der Waals surface area contributed by atoms with Crippen molar-refractivity contribution < 1.29 is 0 Å². The average molecular weight is 221 g/mol. The lowest BCUT2D eigenvalue weighted by molar-refractivity contribution is 0.390. The van der Waals surface area contributed by atoms with Gasteiger partial charge in [-0.05, 0) is 24.3 Å². The van der Waals surface area contributed by atoms with Gasteiger partial charge in [0.15, 0.2) is 0 Å². The molecule has 1 saturated carbocycles. The van der Waals surface area contributed by atoms with Gasteiger partial charge in [0.05, 0.1) is 6.20 Å². The zero-order valence-corrected chi connectivity index (χ0v) is 10.8. The molecule has 1 aromatic heterocycles. The fourth-order valence-corrected chi connectivity index (χ4v) is 2.21. The van der Waals surface area contributed by atoms with Crippen molar-refractivity contribution in [1.82, 2.24) is 9.78 Å². The van der Waals surface area contributed by atoms with Crippen molar-refractivity contribution >= 4 is 0 Å². The minimum absolute atomic E-state index is 0.00130. The molecule has 0 radical (unpaired) electrons. The molecule has 1 heterocycles. The zero-order valence-electron chi connectivity index (χ0n) is 10.8. The molecular formula is C13H23N3. The smallest absolute Gasteiger partial charge is 0.0527 e. The number of aromatic nitrogens is 2. The molecule has 0 bridgehead atoms. The second-order valence-corrected chi connectivity index (χ2v) is 6.13. The summed E-state index contributed by atoms with van der Waals surface area (Å²) in [4.78, 5) is 0. The highest BCUT2D eigenvalue weighted by Crippen LogP contribution is 2.48. The molecular weight excluding hydrogens is 198 g/mol. The van der Waals surface area contributed by atoms with Crippen molar-refractivity contribution in [2.75, 3.05) is 0 Å². The number of rotatable bonds is 4. The average Bonchev–Trinajstić information content (AvgIpc) is 2.76. The maximum Gasteiger partial charge on any atom is 0.0527 e. The third kappa shape index (κ3) is 1.88. The first kappa shape index (κ1) is 11.6. The van der Waals surface area contributed by atoms with Gasteiger partial charge in [-0.2, -0.15) is 5.10 Å². The largest absolute Gasteiger partial charge is 0.324 e. The van der Waals surface area contributed by atoms with Crippen LogP contribution in [0.25, 0.3) is 0 Å². The predicted molar refractivity (Wildman–Crippen MR) is 66.2 cm³/mol. The Bertz CT molecular complexity index is 372. The van der Waals surface area contributed by atoms with Gasteiger partial charge in [-0.15, -0.1) is 0 Å². The van der Waals surface area contributed by atoms with E-state index in [4.69, 9.17) is 5.73 Å². The minimum Gasteiger partial charge on any atom is -0.324 e. The number of nitrogens with zero attached hydrogens (tertiary/aromatic N) is 2. The Morgan fingerprint density at radius 3 is 2.62 bits per heavy atom. The number of nitrogens with two attached hydrogens (primary N) is 1. The summed E-state index contributed by atoms with van der Waals surface area (Å²) in [6.07, 6.45) is 6.41. The van der Waals surface area contributed by atoms with Crippen molar-refractivity contribution in [2.45, 2.75) is 58.0 Å². The van der Waals surface area contributed by atoms with Crippen LogP contribution in [-0.4, -0.2) is 15.3 Å². The Balaban J connectivity index is 2.18. The molecule has 3 heteroatoms. The topological polar surface area (TPSA) is 43.8 Å². The van der Waals surface area contributed by atoms with E-state index in [9.17, 15) is 0 Å². The summed E-state index contributed by atoms with van der Waals surface area (Å²) < 4.78 is 2.04. The van der Waals surface area contributed by atoms with Crippen LogP contribution in [0.1, 0.15) is 46.1 Å². The standard InChI is InChI=1S/C13H23N3/c1-10(2)8-16-9-11(7-15-16)12(3,4)13(14)5-6-13/h7,9-10H,5-6,8,14H2,1-4H3. The molecule has 3 nitrogen and oxygen atoms in total. The molecule has 0 aliphatic heterocycles. The van der Waals surface area contributed by atoms with Crippen LogP contribution >= 0.6 is 0 Å². The van der Waals surface area contributed by atoms with Gasteiger partial charge in [0, 0.05) is 23.7 Å². The normalized spacial score (nSPS) is 19.1. The molecule has 1 aliphatic rings. The quantitative estimate of drug-likeness (QED) is 0.848. The summed E-state index contributed by atoms with van der Waals surface area (Å²) in [5.41, 5.74) is 7.64. The molecule has 2 N–H and O–H groups in total. The molecule has 0 atom stereocenters. The molecule has 0 unspecified atom stereocenters. The van der Waals surface area contributed by atoms with Gasteiger partial charge in [-0.1, -0.05) is 27.7 Å². The van der Waals surface area contributed by atoms with E-state index in [-0.39, 0.29) is 11.0 Å². The van der Waals surface area contributed by atoms with E-state index in [1.807, 2.05) is 10.9 Å². The molecule has 1 fully saturated rings. The number of hydrogen-bond acceptors (Lipinski definition) is 2. The Labute approximate surface area is 98.0 Å². The van der Waals surface area contributed by atoms with Gasteiger partial charge in [-0.3, -0.25) is 4.68 Å². The Kier molecular flexibility index (Phi) is 2.61. The van der Waals surface area contributed by atoms with Crippen LogP contribution in [0.3, 0.4) is 0 Å². The monoisotopic (exact) mass is 221 g/mol. The van der Waals surface area contributed by atoms with E-state index in [0.29, 0.717) is 5.92 Å². The van der Waals surface area contributed by atoms with Crippen LogP contribution in [0.5, 0.6) is 0 Å². The molecule has 1 aliphatic carbocycles. The first-order valence-electron chi connectivity index (χ1n) is 6.17. The van der Waals surface area contributed by atoms with Crippen LogP contribution in [0, 0.1) is 5.92 Å². The Morgan fingerprint density at radius 1 is 1.50 bits per heavy atom. The van der Waals surface area contributed by atoms with Gasteiger partial charge >= 0.3 is 0 Å². The lowest BCUT2D eigenvalue weighted by atomic mass is 9.77. The predicted octanol–water partition coefficient (Wildman–Crippen LogP) is 2.31. The fourth-order valence-electron chi connectivity index (χ4n) is 2.21. The van der Waals surface area contributed by atoms with Crippen molar-refractivity contribution in [3.8, 4) is 0 Å². The summed E-state index contributed by atoms with van der Waals surface area (Å²) >= 11 is 0. The van der Waals surface area contributed by atoms with E-state index in [2.05, 4.69) is 39.0 Å². The van der Waals surface area contributed by atoms with Crippen molar-refractivity contribution in [2.24, 2.45) is 11.7 Å². The van der Waals surface area contributed by atoms with Crippen molar-refractivity contribution in [1.29, 1.82) is 0 Å². The maximum atomic E-state index is 6.33. The molecule has 90 valence electrons. The van der Waals surface area contributed by atoms with E-state index < -0.39 is 0 Å². The molecule has 0 spiro atoms. The first-order chi connectivity index (χ1) is 7.35. The van der Waals surface area contributed by atoms with Crippen molar-refractivity contribution in [3.63, 3.8) is 0 Å². The molecule has 0 saturated heterocycles. The summed E-state index contributed by atoms with van der Waals surface area (Å²) in [5.74, 6) is 0.628. The maximum absolute atomic E-state index is 6.33. The third-order valence-electron chi connectivity index (χ3n) is 3.94. The van der Waals surface area contributed by atoms with E-state index in [1.165, 1.54) is 5.56 Å². The summed E-state index contributed by atoms with van der Waals surface area (Å²) in [5, 5.41) is 4.43. The minimum atomic E-state index is -0.00130. The first-order valence-corrected chi connectivity index (χ1v) is 6.17. The van der Waals surface area contributed by atoms with Gasteiger partial charge in [0.2, 0.25) is 0 Å². The van der Waals surface area contributed by atoms with Crippen LogP contribution < -0.4 is 5.73 Å². The van der Waals surface area contributed by atoms with Crippen LogP contribution in [0.2, 0.25) is 0 Å². The van der Waals surface area contributed by atoms with Gasteiger partial charge < -0.3 is 5.73 Å². The molecule has 0 aromatic carbocycles. The molecule has 2 rings (SSSR count). The van der Waals surface area contributed by atoms with Crippen LogP contribution in [0.4, 0.5) is 0 Å². The fraction of sp³-hybridized carbons (Fsp3) is 0.769. The van der Waals surface area contributed by atoms with Crippen LogP contribution in [-0.2, 0) is 12.0 Å². The van der Waals surface area contributed by atoms with Crippen molar-refractivity contribution in [3.05, 3.63) is 18.0 Å². The highest BCUT2D eigenvalue weighted by molar-refractivity contribution is 5.29. The second kappa shape index (κ2) is 3.59. The van der Waals surface area contributed by atoms with E-state index >= 15 is 0 Å². The summed E-state index contributed by atoms with van der Waals surface area (Å²) in [7, 11) is 0. The summed E-state index contributed by atoms with van der Waals surface area (Å²) in [6.45, 7) is 9.86. The van der Waals surface area contributed by atoms with Gasteiger partial charge in [-0.25, -0.2) is 0 Å². The van der Waals surface area contributed by atoms with E-state index in [1.54, 1.807) is 0 Å². The SMILES string of the molecule is CC(C)Cn1cc(C(C)(C)C2(N)CC2)cn1. The van der Waals surface area contributed by atoms with E-state index in [0.717, 1.165) is 19.4 Å². The highest BCUT2D eigenvalue weighted by Gasteiger charge is 2.52. The zero-order chi connectivity index (χ0) is 12.0. The van der Waals surface area contributed by atoms with Crippen LogP contribution in [0.15, 0.2) is 12.4 Å². The third-order valence-corrected chi connectivity index (χ3v) is 3.94. The Hall–Kier alpha value is -0.830. The summed E-state index contributed by atoms with van der Waals surface area (Å²) in [6, 6.07) is 0. The lowest BCUT2D eigenvalue weighted by Crippen LogP contribution is -2.43. The molecule has 0 amide bonds. The highest BCUT2D eigenvalue weighted by atomic mass is 15.3. The lowest BCUT2D eigenvalue weighted by Gasteiger charge is -2.30. The molecule has 16 heavy (non-hydrogen) atoms. The van der Waals surface area contributed by atoms with Gasteiger partial charge in [0.1, 0.15) is 0 Å². The molecule has 1 aromatic rings. The second-order valence-electron chi connectivity index (χ2n) is 6.13. The van der Waals surface area contributed by atoms with Gasteiger partial charge in [0.25, 0.3) is 0 Å². The number of hydrogen-bond donors (Lipinski definition) is 1. The Morgan fingerprint density at radius 2 is 2.12 bits per heavy atom.